The summed E-state index contributed by atoms with van der Waals surface area (Å²) in [6, 6.07) is 18.3. The molecule has 0 bridgehead atoms. The number of hydrogen-bond acceptors (Lipinski definition) is 4. The molecule has 0 unspecified atom stereocenters. The Kier molecular flexibility index (Phi) is 5.94. The molecule has 0 atom stereocenters. The Morgan fingerprint density at radius 3 is 2.45 bits per heavy atom. The molecule has 2 aromatic carbocycles. The highest BCUT2D eigenvalue weighted by Gasteiger charge is 2.16. The van der Waals surface area contributed by atoms with Crippen LogP contribution in [0.3, 0.4) is 0 Å². The van der Waals surface area contributed by atoms with Gasteiger partial charge in [-0.1, -0.05) is 37.3 Å². The van der Waals surface area contributed by atoms with Crippen LogP contribution >= 0.6 is 0 Å². The van der Waals surface area contributed by atoms with Crippen LogP contribution in [-0.2, 0) is 6.54 Å². The number of carbonyl (C=O) groups is 1. The van der Waals surface area contributed by atoms with E-state index in [4.69, 9.17) is 5.73 Å². The molecular weight excluding hydrogens is 410 g/mol. The smallest absolute Gasteiger partial charge is 0.248 e. The van der Waals surface area contributed by atoms with Gasteiger partial charge in [-0.25, -0.2) is 4.98 Å². The average Bonchev–Trinajstić information content (AvgIpc) is 3.28. The number of amides is 1. The fourth-order valence-corrected chi connectivity index (χ4v) is 4.59. The number of benzene rings is 2. The number of fused-ring (bicyclic) bond motifs is 1. The monoisotopic (exact) mass is 439 g/mol. The number of hydrogen-bond donors (Lipinski definition) is 2. The molecule has 1 aliphatic rings. The van der Waals surface area contributed by atoms with Crippen molar-refractivity contribution in [1.29, 1.82) is 0 Å². The number of H-pyrrole nitrogens is 1. The van der Waals surface area contributed by atoms with E-state index in [1.165, 1.54) is 11.1 Å². The Morgan fingerprint density at radius 2 is 1.73 bits per heavy atom. The third-order valence-corrected chi connectivity index (χ3v) is 6.59. The first-order chi connectivity index (χ1) is 16.1. The summed E-state index contributed by atoms with van der Waals surface area (Å²) in [7, 11) is 0. The molecule has 2 aromatic heterocycles. The van der Waals surface area contributed by atoms with Crippen LogP contribution in [0.2, 0.25) is 0 Å². The van der Waals surface area contributed by atoms with Crippen LogP contribution in [0.4, 0.5) is 0 Å². The molecule has 0 spiro atoms. The Labute approximate surface area is 194 Å². The highest BCUT2D eigenvalue weighted by molar-refractivity contribution is 5.97. The number of aromatic nitrogens is 2. The molecule has 3 N–H and O–H groups in total. The van der Waals surface area contributed by atoms with Crippen molar-refractivity contribution in [2.45, 2.75) is 13.5 Å². The second-order valence-electron chi connectivity index (χ2n) is 8.67. The Hall–Kier alpha value is -3.48. The van der Waals surface area contributed by atoms with Crippen LogP contribution in [0.25, 0.3) is 33.3 Å². The molecule has 1 amide bonds. The maximum Gasteiger partial charge on any atom is 0.248 e. The quantitative estimate of drug-likeness (QED) is 0.473. The molecule has 5 rings (SSSR count). The van der Waals surface area contributed by atoms with Crippen molar-refractivity contribution >= 4 is 16.9 Å². The minimum absolute atomic E-state index is 0.420. The van der Waals surface area contributed by atoms with Gasteiger partial charge in [0.05, 0.1) is 0 Å². The topological polar surface area (TPSA) is 78.2 Å². The van der Waals surface area contributed by atoms with Crippen molar-refractivity contribution in [3.8, 4) is 22.3 Å². The average molecular weight is 440 g/mol. The summed E-state index contributed by atoms with van der Waals surface area (Å²) < 4.78 is 0. The standard InChI is InChI=1S/C27H29N5O/c1-2-31-10-12-32(13-11-31)18-19-4-3-5-22(14-19)23-15-24-25(17-30-27(24)29-16-23)20-6-8-21(9-7-20)26(28)33/h3-9,14-17H,2,10-13,18H2,1H3,(H2,28,33)(H,29,30). The van der Waals surface area contributed by atoms with E-state index in [2.05, 4.69) is 57.0 Å². The van der Waals surface area contributed by atoms with Gasteiger partial charge in [-0.3, -0.25) is 9.69 Å². The van der Waals surface area contributed by atoms with E-state index in [1.54, 1.807) is 12.1 Å². The summed E-state index contributed by atoms with van der Waals surface area (Å²) in [5.41, 5.74) is 12.4. The molecule has 0 saturated carbocycles. The molecule has 4 aromatic rings. The zero-order chi connectivity index (χ0) is 22.8. The molecule has 0 radical (unpaired) electrons. The fourth-order valence-electron chi connectivity index (χ4n) is 4.59. The molecule has 33 heavy (non-hydrogen) atoms. The van der Waals surface area contributed by atoms with E-state index >= 15 is 0 Å². The zero-order valence-corrected chi connectivity index (χ0v) is 18.9. The normalized spacial score (nSPS) is 15.2. The first kappa shape index (κ1) is 21.4. The van der Waals surface area contributed by atoms with Crippen molar-refractivity contribution in [3.05, 3.63) is 78.1 Å². The van der Waals surface area contributed by atoms with Crippen LogP contribution in [-0.4, -0.2) is 58.4 Å². The van der Waals surface area contributed by atoms with E-state index in [-0.39, 0.29) is 0 Å². The summed E-state index contributed by atoms with van der Waals surface area (Å²) in [6.45, 7) is 8.87. The maximum absolute atomic E-state index is 11.4. The number of rotatable bonds is 6. The minimum Gasteiger partial charge on any atom is -0.366 e. The molecule has 168 valence electrons. The van der Waals surface area contributed by atoms with Gasteiger partial charge in [-0.05, 0) is 47.5 Å². The predicted octanol–water partition coefficient (Wildman–Crippen LogP) is 4.13. The van der Waals surface area contributed by atoms with Crippen LogP contribution < -0.4 is 5.73 Å². The number of pyridine rings is 1. The largest absolute Gasteiger partial charge is 0.366 e. The molecule has 0 aliphatic carbocycles. The zero-order valence-electron chi connectivity index (χ0n) is 18.9. The van der Waals surface area contributed by atoms with Crippen molar-refractivity contribution in [2.24, 2.45) is 5.73 Å². The number of carbonyl (C=O) groups excluding carboxylic acids is 1. The predicted molar refractivity (Wildman–Crippen MR) is 133 cm³/mol. The Morgan fingerprint density at radius 1 is 0.970 bits per heavy atom. The Balaban J connectivity index is 1.40. The summed E-state index contributed by atoms with van der Waals surface area (Å²) in [4.78, 5) is 24.4. The van der Waals surface area contributed by atoms with Gasteiger partial charge in [0.15, 0.2) is 0 Å². The molecule has 1 saturated heterocycles. The summed E-state index contributed by atoms with van der Waals surface area (Å²) >= 11 is 0. The highest BCUT2D eigenvalue weighted by atomic mass is 16.1. The number of nitrogens with one attached hydrogen (secondary N) is 1. The van der Waals surface area contributed by atoms with Crippen LogP contribution in [0.15, 0.2) is 67.0 Å². The lowest BCUT2D eigenvalue weighted by Crippen LogP contribution is -2.45. The van der Waals surface area contributed by atoms with Gasteiger partial charge in [0.2, 0.25) is 5.91 Å². The summed E-state index contributed by atoms with van der Waals surface area (Å²) in [6.07, 6.45) is 3.89. The Bertz CT molecular complexity index is 1270. The van der Waals surface area contributed by atoms with Gasteiger partial charge in [-0.2, -0.15) is 0 Å². The molecular formula is C27H29N5O. The van der Waals surface area contributed by atoms with Gasteiger partial charge in [-0.15, -0.1) is 0 Å². The summed E-state index contributed by atoms with van der Waals surface area (Å²) in [5.74, 6) is -0.420. The van der Waals surface area contributed by atoms with Gasteiger partial charge >= 0.3 is 0 Å². The first-order valence-corrected chi connectivity index (χ1v) is 11.5. The number of primary amides is 1. The number of nitrogens with two attached hydrogens (primary N) is 1. The van der Waals surface area contributed by atoms with E-state index in [0.29, 0.717) is 5.56 Å². The fraction of sp³-hybridized carbons (Fsp3) is 0.259. The van der Waals surface area contributed by atoms with Crippen molar-refractivity contribution in [3.63, 3.8) is 0 Å². The van der Waals surface area contributed by atoms with Crippen molar-refractivity contribution in [2.75, 3.05) is 32.7 Å². The molecule has 3 heterocycles. The van der Waals surface area contributed by atoms with E-state index in [0.717, 1.165) is 67.0 Å². The lowest BCUT2D eigenvalue weighted by molar-refractivity contribution is 0.100. The van der Waals surface area contributed by atoms with Crippen LogP contribution in [0.1, 0.15) is 22.8 Å². The lowest BCUT2D eigenvalue weighted by atomic mass is 10.00. The van der Waals surface area contributed by atoms with Gasteiger partial charge in [0, 0.05) is 67.2 Å². The van der Waals surface area contributed by atoms with E-state index < -0.39 is 5.91 Å². The minimum atomic E-state index is -0.420. The molecule has 6 nitrogen and oxygen atoms in total. The maximum atomic E-state index is 11.4. The second-order valence-corrected chi connectivity index (χ2v) is 8.67. The van der Waals surface area contributed by atoms with E-state index in [9.17, 15) is 4.79 Å². The number of nitrogens with zero attached hydrogens (tertiary/aromatic N) is 3. The van der Waals surface area contributed by atoms with Crippen molar-refractivity contribution in [1.82, 2.24) is 19.8 Å². The van der Waals surface area contributed by atoms with Gasteiger partial charge < -0.3 is 15.6 Å². The van der Waals surface area contributed by atoms with Crippen molar-refractivity contribution < 1.29 is 4.79 Å². The third-order valence-electron chi connectivity index (χ3n) is 6.59. The molecule has 1 aliphatic heterocycles. The first-order valence-electron chi connectivity index (χ1n) is 11.5. The molecule has 1 fully saturated rings. The third kappa shape index (κ3) is 4.53. The number of aromatic amines is 1. The van der Waals surface area contributed by atoms with E-state index in [1.807, 2.05) is 24.5 Å². The van der Waals surface area contributed by atoms with Gasteiger partial charge in [0.1, 0.15) is 5.65 Å². The van der Waals surface area contributed by atoms with Crippen LogP contribution in [0.5, 0.6) is 0 Å². The highest BCUT2D eigenvalue weighted by Crippen LogP contribution is 2.31. The lowest BCUT2D eigenvalue weighted by Gasteiger charge is -2.34. The van der Waals surface area contributed by atoms with Gasteiger partial charge in [0.25, 0.3) is 0 Å². The van der Waals surface area contributed by atoms with Crippen LogP contribution in [0, 0.1) is 0 Å². The number of likely N-dealkylation sites (N-methyl/N-ethyl adjacent to an activating group) is 1. The SMILES string of the molecule is CCN1CCN(Cc2cccc(-c3cnc4[nH]cc(-c5ccc(C(N)=O)cc5)c4c3)c2)CC1. The second kappa shape index (κ2) is 9.17. The summed E-state index contributed by atoms with van der Waals surface area (Å²) in [5, 5.41) is 1.06. The number of piperazine rings is 1. The molecule has 6 heteroatoms.